The Kier molecular flexibility index (Phi) is 5.83. The quantitative estimate of drug-likeness (QED) is 0.691. The normalized spacial score (nSPS) is 10.2. The third-order valence-electron chi connectivity index (χ3n) is 3.71. The Balaban J connectivity index is 1.62. The largest absolute Gasteiger partial charge is 0.492 e. The highest BCUT2D eigenvalue weighted by Crippen LogP contribution is 2.24. The fourth-order valence-electron chi connectivity index (χ4n) is 2.39. The molecule has 3 rings (SSSR count). The molecule has 2 aromatic carbocycles. The molecule has 0 aliphatic heterocycles. The highest BCUT2D eigenvalue weighted by atomic mass is 16.5. The van der Waals surface area contributed by atoms with Crippen molar-refractivity contribution >= 4 is 11.6 Å². The molecule has 0 unspecified atom stereocenters. The van der Waals surface area contributed by atoms with Crippen molar-refractivity contribution < 1.29 is 14.3 Å². The minimum atomic E-state index is -0.196. The first-order valence-electron chi connectivity index (χ1n) is 8.41. The molecule has 5 nitrogen and oxygen atoms in total. The number of aromatic nitrogens is 1. The van der Waals surface area contributed by atoms with Crippen LogP contribution in [0.4, 0.5) is 5.69 Å². The van der Waals surface area contributed by atoms with Crippen LogP contribution in [0.15, 0.2) is 73.1 Å². The Morgan fingerprint density at radius 1 is 0.962 bits per heavy atom. The van der Waals surface area contributed by atoms with Crippen molar-refractivity contribution in [1.82, 2.24) is 4.98 Å². The lowest BCUT2D eigenvalue weighted by Crippen LogP contribution is -2.12. The van der Waals surface area contributed by atoms with Crippen LogP contribution in [0.3, 0.4) is 0 Å². The van der Waals surface area contributed by atoms with Gasteiger partial charge in [-0.25, -0.2) is 0 Å². The highest BCUT2D eigenvalue weighted by Gasteiger charge is 2.09. The third-order valence-corrected chi connectivity index (χ3v) is 3.71. The number of ether oxygens (including phenoxy) is 2. The zero-order valence-corrected chi connectivity index (χ0v) is 14.5. The first-order chi connectivity index (χ1) is 12.8. The second-order valence-electron chi connectivity index (χ2n) is 5.55. The number of hydrogen-bond donors (Lipinski definition) is 1. The Bertz CT molecular complexity index is 849. The van der Waals surface area contributed by atoms with Crippen molar-refractivity contribution in [2.45, 2.75) is 13.5 Å². The van der Waals surface area contributed by atoms with E-state index in [-0.39, 0.29) is 5.91 Å². The van der Waals surface area contributed by atoms with Crippen LogP contribution in [0.5, 0.6) is 11.5 Å². The lowest BCUT2D eigenvalue weighted by Gasteiger charge is -2.11. The van der Waals surface area contributed by atoms with Crippen molar-refractivity contribution in [2.75, 3.05) is 11.9 Å². The van der Waals surface area contributed by atoms with Gasteiger partial charge in [0.05, 0.1) is 12.3 Å². The average Bonchev–Trinajstić information content (AvgIpc) is 2.69. The number of carbonyl (C=O) groups excluding carboxylic acids is 1. The number of anilines is 1. The number of pyridine rings is 1. The maximum Gasteiger partial charge on any atom is 0.255 e. The van der Waals surface area contributed by atoms with E-state index in [4.69, 9.17) is 9.47 Å². The van der Waals surface area contributed by atoms with Crippen LogP contribution in [0, 0.1) is 0 Å². The minimum absolute atomic E-state index is 0.196. The van der Waals surface area contributed by atoms with Crippen LogP contribution >= 0.6 is 0 Å². The molecule has 0 atom stereocenters. The molecule has 3 aromatic rings. The summed E-state index contributed by atoms with van der Waals surface area (Å²) in [6.07, 6.45) is 3.46. The topological polar surface area (TPSA) is 60.5 Å². The van der Waals surface area contributed by atoms with Crippen molar-refractivity contribution in [3.63, 3.8) is 0 Å². The summed E-state index contributed by atoms with van der Waals surface area (Å²) in [5.74, 6) is 1.16. The van der Waals surface area contributed by atoms with Gasteiger partial charge in [-0.1, -0.05) is 12.1 Å². The molecule has 5 heteroatoms. The van der Waals surface area contributed by atoms with Crippen LogP contribution in [-0.4, -0.2) is 17.5 Å². The molecule has 0 saturated heterocycles. The molecule has 1 amide bonds. The number of rotatable bonds is 7. The van der Waals surface area contributed by atoms with Crippen molar-refractivity contribution in [2.24, 2.45) is 0 Å². The number of carbonyl (C=O) groups is 1. The zero-order chi connectivity index (χ0) is 18.2. The summed E-state index contributed by atoms with van der Waals surface area (Å²) >= 11 is 0. The van der Waals surface area contributed by atoms with Gasteiger partial charge in [-0.2, -0.15) is 0 Å². The van der Waals surface area contributed by atoms with E-state index in [9.17, 15) is 4.79 Å². The van der Waals surface area contributed by atoms with Gasteiger partial charge in [-0.3, -0.25) is 9.78 Å². The highest BCUT2D eigenvalue weighted by molar-refractivity contribution is 6.05. The number of para-hydroxylation sites is 2. The summed E-state index contributed by atoms with van der Waals surface area (Å²) in [4.78, 5) is 16.4. The van der Waals surface area contributed by atoms with Gasteiger partial charge in [-0.05, 0) is 61.0 Å². The number of nitrogens with zero attached hydrogens (tertiary/aromatic N) is 1. The van der Waals surface area contributed by atoms with Crippen LogP contribution in [-0.2, 0) is 6.61 Å². The Labute approximate surface area is 152 Å². The lowest BCUT2D eigenvalue weighted by atomic mass is 10.2. The van der Waals surface area contributed by atoms with E-state index >= 15 is 0 Å². The molecule has 132 valence electrons. The van der Waals surface area contributed by atoms with E-state index in [2.05, 4.69) is 10.3 Å². The molecule has 0 aliphatic carbocycles. The second kappa shape index (κ2) is 8.67. The Hall–Kier alpha value is -3.34. The Morgan fingerprint density at radius 2 is 1.69 bits per heavy atom. The zero-order valence-electron chi connectivity index (χ0n) is 14.5. The monoisotopic (exact) mass is 348 g/mol. The number of nitrogens with one attached hydrogen (secondary N) is 1. The van der Waals surface area contributed by atoms with E-state index in [0.29, 0.717) is 36.0 Å². The smallest absolute Gasteiger partial charge is 0.255 e. The van der Waals surface area contributed by atoms with Crippen molar-refractivity contribution in [1.29, 1.82) is 0 Å². The molecule has 0 bridgehead atoms. The van der Waals surface area contributed by atoms with Gasteiger partial charge in [0.1, 0.15) is 18.1 Å². The van der Waals surface area contributed by atoms with Crippen LogP contribution in [0.1, 0.15) is 22.8 Å². The molecule has 0 aliphatic rings. The molecule has 1 aromatic heterocycles. The summed E-state index contributed by atoms with van der Waals surface area (Å²) in [6, 6.07) is 18.2. The second-order valence-corrected chi connectivity index (χ2v) is 5.55. The maximum absolute atomic E-state index is 12.4. The fraction of sp³-hybridized carbons (Fsp3) is 0.143. The molecule has 26 heavy (non-hydrogen) atoms. The van der Waals surface area contributed by atoms with E-state index < -0.39 is 0 Å². The van der Waals surface area contributed by atoms with Gasteiger partial charge in [0.25, 0.3) is 5.91 Å². The first-order valence-corrected chi connectivity index (χ1v) is 8.41. The van der Waals surface area contributed by atoms with Crippen LogP contribution in [0.2, 0.25) is 0 Å². The van der Waals surface area contributed by atoms with Crippen molar-refractivity contribution in [3.05, 3.63) is 84.2 Å². The first kappa shape index (κ1) is 17.5. The molecule has 1 N–H and O–H groups in total. The molecular weight excluding hydrogens is 328 g/mol. The summed E-state index contributed by atoms with van der Waals surface area (Å²) in [5, 5.41) is 2.88. The number of hydrogen-bond acceptors (Lipinski definition) is 4. The van der Waals surface area contributed by atoms with Gasteiger partial charge in [0.15, 0.2) is 0 Å². The predicted molar refractivity (Wildman–Crippen MR) is 101 cm³/mol. The van der Waals surface area contributed by atoms with Gasteiger partial charge in [-0.15, -0.1) is 0 Å². The lowest BCUT2D eigenvalue weighted by molar-refractivity contribution is 0.102. The van der Waals surface area contributed by atoms with Crippen LogP contribution < -0.4 is 14.8 Å². The maximum atomic E-state index is 12.4. The van der Waals surface area contributed by atoms with Crippen molar-refractivity contribution in [3.8, 4) is 11.5 Å². The predicted octanol–water partition coefficient (Wildman–Crippen LogP) is 4.31. The minimum Gasteiger partial charge on any atom is -0.492 e. The summed E-state index contributed by atoms with van der Waals surface area (Å²) in [6.45, 7) is 2.90. The average molecular weight is 348 g/mol. The fourth-order valence-corrected chi connectivity index (χ4v) is 2.39. The van der Waals surface area contributed by atoms with Gasteiger partial charge < -0.3 is 14.8 Å². The SMILES string of the molecule is CCOc1ccccc1NC(=O)c1ccc(OCc2ccncc2)cc1. The van der Waals surface area contributed by atoms with E-state index in [1.54, 1.807) is 36.7 Å². The van der Waals surface area contributed by atoms with Gasteiger partial charge in [0.2, 0.25) is 0 Å². The standard InChI is InChI=1S/C21H20N2O3/c1-2-25-20-6-4-3-5-19(20)23-21(24)17-7-9-18(10-8-17)26-15-16-11-13-22-14-12-16/h3-14H,2,15H2,1H3,(H,23,24). The van der Waals surface area contributed by atoms with E-state index in [0.717, 1.165) is 5.56 Å². The molecule has 0 spiro atoms. The number of amides is 1. The van der Waals surface area contributed by atoms with Crippen LogP contribution in [0.25, 0.3) is 0 Å². The molecule has 1 heterocycles. The summed E-state index contributed by atoms with van der Waals surface area (Å²) in [7, 11) is 0. The Morgan fingerprint density at radius 3 is 2.42 bits per heavy atom. The van der Waals surface area contributed by atoms with E-state index in [1.807, 2.05) is 43.3 Å². The molecule has 0 saturated carbocycles. The molecule has 0 radical (unpaired) electrons. The number of benzene rings is 2. The van der Waals surface area contributed by atoms with Gasteiger partial charge in [0, 0.05) is 18.0 Å². The van der Waals surface area contributed by atoms with E-state index in [1.165, 1.54) is 0 Å². The van der Waals surface area contributed by atoms with Gasteiger partial charge >= 0.3 is 0 Å². The summed E-state index contributed by atoms with van der Waals surface area (Å²) in [5.41, 5.74) is 2.24. The molecule has 0 fully saturated rings. The third kappa shape index (κ3) is 4.60. The molecular formula is C21H20N2O3. The summed E-state index contributed by atoms with van der Waals surface area (Å²) < 4.78 is 11.2.